The molecule has 0 aliphatic heterocycles. The predicted molar refractivity (Wildman–Crippen MR) is 51.8 cm³/mol. The second kappa shape index (κ2) is 10.9. The molecule has 0 aromatic carbocycles. The Kier molecular flexibility index (Phi) is 10.8. The van der Waals surface area contributed by atoms with Crippen molar-refractivity contribution in [1.82, 2.24) is 0 Å². The van der Waals surface area contributed by atoms with Gasteiger partial charge in [0.25, 0.3) is 0 Å². The Hall–Kier alpha value is -0.118. The van der Waals surface area contributed by atoms with Crippen LogP contribution in [0.1, 0.15) is 25.7 Å². The minimum absolute atomic E-state index is 0.933. The number of allylic oxidation sites excluding steroid dienone is 5. The van der Waals surface area contributed by atoms with Crippen molar-refractivity contribution in [2.75, 3.05) is 0 Å². The summed E-state index contributed by atoms with van der Waals surface area (Å²) in [6.45, 7) is 3.44. The van der Waals surface area contributed by atoms with E-state index in [2.05, 4.69) is 50.1 Å². The summed E-state index contributed by atoms with van der Waals surface area (Å²) in [5.41, 5.74) is 0. The van der Waals surface area contributed by atoms with Gasteiger partial charge in [-0.3, -0.25) is 0 Å². The average molecular weight is 256 g/mol. The van der Waals surface area contributed by atoms with Crippen LogP contribution in [-0.4, -0.2) is 0 Å². The van der Waals surface area contributed by atoms with E-state index in [4.69, 9.17) is 0 Å². The van der Waals surface area contributed by atoms with Crippen LogP contribution in [0.15, 0.2) is 37.0 Å². The number of hydrogen-bond acceptors (Lipinski definition) is 0. The molecule has 0 N–H and O–H groups in total. The van der Waals surface area contributed by atoms with Crippen LogP contribution in [0.3, 0.4) is 0 Å². The second-order valence-electron chi connectivity index (χ2n) is 2.52. The van der Waals surface area contributed by atoms with Gasteiger partial charge >= 0.3 is 36.8 Å². The van der Waals surface area contributed by atoms with Gasteiger partial charge in [0, 0.05) is 0 Å². The maximum absolute atomic E-state index is 3.44. The van der Waals surface area contributed by atoms with E-state index in [1.807, 2.05) is 6.08 Å². The molecule has 0 heterocycles. The molecule has 0 aromatic heterocycles. The van der Waals surface area contributed by atoms with Gasteiger partial charge in [-0.15, -0.1) is 0 Å². The molecular formula is C11H17Pd. The van der Waals surface area contributed by atoms with Crippen LogP contribution in [0.2, 0.25) is 4.89 Å². The van der Waals surface area contributed by atoms with Gasteiger partial charge in [0.2, 0.25) is 0 Å². The molecule has 1 rings (SSSR count). The monoisotopic (exact) mass is 255 g/mol. The fraction of sp³-hybridized carbons (Fsp3) is 0.455. The van der Waals surface area contributed by atoms with Crippen LogP contribution >= 0.6 is 0 Å². The van der Waals surface area contributed by atoms with E-state index in [-0.39, 0.29) is 0 Å². The molecule has 0 radical (unpaired) electrons. The summed E-state index contributed by atoms with van der Waals surface area (Å²) < 4.78 is 0. The standard InChI is InChI=1S/C8H12.C3H5.Pd/c1-2-4-6-8-7-5-3-1;1-3-2;/h1-2,7-8H,3-6H2;3H,1-2H2;/b2-1-,8-7-;;. The molecule has 1 aliphatic rings. The van der Waals surface area contributed by atoms with Crippen LogP contribution in [0.25, 0.3) is 0 Å². The summed E-state index contributed by atoms with van der Waals surface area (Å²) in [6.07, 6.45) is 15.8. The first kappa shape index (κ1) is 11.9. The molecule has 1 aliphatic carbocycles. The summed E-state index contributed by atoms with van der Waals surface area (Å²) in [5.74, 6) is 0. The van der Waals surface area contributed by atoms with Gasteiger partial charge in [0.05, 0.1) is 0 Å². The third-order valence-electron chi connectivity index (χ3n) is 1.42. The van der Waals surface area contributed by atoms with E-state index in [0.717, 1.165) is 4.89 Å². The number of hydrogen-bond donors (Lipinski definition) is 0. The van der Waals surface area contributed by atoms with Crippen LogP contribution in [0, 0.1) is 0 Å². The van der Waals surface area contributed by atoms with Gasteiger partial charge < -0.3 is 0 Å². The first-order valence-corrected chi connectivity index (χ1v) is 5.44. The Bertz CT molecular complexity index is 119. The van der Waals surface area contributed by atoms with Crippen LogP contribution in [-0.2, 0) is 19.2 Å². The zero-order chi connectivity index (χ0) is 9.07. The molecule has 12 heavy (non-hydrogen) atoms. The zero-order valence-electron chi connectivity index (χ0n) is 7.45. The zero-order valence-corrected chi connectivity index (χ0v) is 9.00. The summed E-state index contributed by atoms with van der Waals surface area (Å²) >= 11 is 2.92. The quantitative estimate of drug-likeness (QED) is 0.494. The van der Waals surface area contributed by atoms with Gasteiger partial charge in [0.1, 0.15) is 0 Å². The Balaban J connectivity index is 0.000000261. The van der Waals surface area contributed by atoms with Crippen molar-refractivity contribution in [3.63, 3.8) is 0 Å². The Labute approximate surface area is 86.8 Å². The van der Waals surface area contributed by atoms with Crippen molar-refractivity contribution >= 4 is 0 Å². The predicted octanol–water partition coefficient (Wildman–Crippen LogP) is 3.81. The maximum atomic E-state index is 3.44. The molecule has 0 unspecified atom stereocenters. The van der Waals surface area contributed by atoms with Crippen molar-refractivity contribution < 1.29 is 19.2 Å². The summed E-state index contributed by atoms with van der Waals surface area (Å²) in [6, 6.07) is 0. The Morgan fingerprint density at radius 2 is 1.25 bits per heavy atom. The van der Waals surface area contributed by atoms with Crippen molar-refractivity contribution in [3.8, 4) is 0 Å². The molecule has 0 saturated carbocycles. The first-order chi connectivity index (χ1) is 5.91. The van der Waals surface area contributed by atoms with E-state index in [0.29, 0.717) is 0 Å². The normalized spacial score (nSPS) is 20.8. The topological polar surface area (TPSA) is 0 Å². The van der Waals surface area contributed by atoms with E-state index in [9.17, 15) is 0 Å². The Morgan fingerprint density at radius 3 is 1.42 bits per heavy atom. The molecule has 0 nitrogen and oxygen atoms in total. The molecule has 0 fully saturated rings. The van der Waals surface area contributed by atoms with Crippen molar-refractivity contribution in [3.05, 3.63) is 37.0 Å². The SMILES string of the molecule is C1=C\CC/C=C\CC/1.C=C[CH2][Pd]. The molecule has 0 saturated heterocycles. The number of rotatable bonds is 1. The third-order valence-corrected chi connectivity index (χ3v) is 1.87. The van der Waals surface area contributed by atoms with Crippen molar-refractivity contribution in [2.45, 2.75) is 30.6 Å². The van der Waals surface area contributed by atoms with Crippen LogP contribution in [0.5, 0.6) is 0 Å². The first-order valence-electron chi connectivity index (χ1n) is 4.34. The molecular weight excluding hydrogens is 239 g/mol. The average Bonchev–Trinajstić information content (AvgIpc) is 2.04. The molecule has 0 spiro atoms. The molecule has 0 atom stereocenters. The molecule has 0 amide bonds. The van der Waals surface area contributed by atoms with Gasteiger partial charge in [-0.1, -0.05) is 24.3 Å². The molecule has 0 aromatic rings. The van der Waals surface area contributed by atoms with Crippen molar-refractivity contribution in [2.24, 2.45) is 0 Å². The summed E-state index contributed by atoms with van der Waals surface area (Å²) in [5, 5.41) is 0. The third kappa shape index (κ3) is 9.88. The fourth-order valence-electron chi connectivity index (χ4n) is 0.856. The van der Waals surface area contributed by atoms with E-state index >= 15 is 0 Å². The van der Waals surface area contributed by atoms with Crippen molar-refractivity contribution in [1.29, 1.82) is 0 Å². The Morgan fingerprint density at radius 1 is 1.00 bits per heavy atom. The summed E-state index contributed by atoms with van der Waals surface area (Å²) in [7, 11) is 0. The van der Waals surface area contributed by atoms with E-state index in [1.165, 1.54) is 25.7 Å². The van der Waals surface area contributed by atoms with Gasteiger partial charge in [-0.05, 0) is 25.7 Å². The summed E-state index contributed by atoms with van der Waals surface area (Å²) in [4.78, 5) is 0.933. The van der Waals surface area contributed by atoms with Gasteiger partial charge in [0.15, 0.2) is 0 Å². The van der Waals surface area contributed by atoms with E-state index < -0.39 is 0 Å². The van der Waals surface area contributed by atoms with E-state index in [1.54, 1.807) is 0 Å². The van der Waals surface area contributed by atoms with Gasteiger partial charge in [-0.25, -0.2) is 0 Å². The van der Waals surface area contributed by atoms with Crippen LogP contribution in [0.4, 0.5) is 0 Å². The molecule has 71 valence electrons. The molecule has 0 bridgehead atoms. The fourth-order valence-corrected chi connectivity index (χ4v) is 0.856. The van der Waals surface area contributed by atoms with Crippen LogP contribution < -0.4 is 0 Å². The van der Waals surface area contributed by atoms with Gasteiger partial charge in [-0.2, -0.15) is 0 Å². The second-order valence-corrected chi connectivity index (χ2v) is 3.15. The molecule has 1 heteroatoms. The minimum atomic E-state index is 0.933.